The summed E-state index contributed by atoms with van der Waals surface area (Å²) in [5, 5.41) is 12.6. The van der Waals surface area contributed by atoms with Crippen molar-refractivity contribution in [2.75, 3.05) is 11.9 Å². The SMILES string of the molecule is CCC1(CNc2cc(C#N)cc(Cl)n2)CCCC1. The van der Waals surface area contributed by atoms with Crippen LogP contribution in [-0.4, -0.2) is 11.5 Å². The molecule has 1 saturated carbocycles. The highest BCUT2D eigenvalue weighted by atomic mass is 35.5. The lowest BCUT2D eigenvalue weighted by atomic mass is 9.83. The molecule has 2 rings (SSSR count). The maximum absolute atomic E-state index is 8.90. The van der Waals surface area contributed by atoms with Gasteiger partial charge in [-0.25, -0.2) is 4.98 Å². The van der Waals surface area contributed by atoms with Crippen LogP contribution in [0, 0.1) is 16.7 Å². The van der Waals surface area contributed by atoms with Crippen molar-refractivity contribution in [3.05, 3.63) is 22.8 Å². The van der Waals surface area contributed by atoms with E-state index in [1.54, 1.807) is 12.1 Å². The highest BCUT2D eigenvalue weighted by molar-refractivity contribution is 6.29. The molecule has 1 N–H and O–H groups in total. The number of rotatable bonds is 4. The molecule has 1 aliphatic carbocycles. The first-order valence-electron chi connectivity index (χ1n) is 6.49. The largest absolute Gasteiger partial charge is 0.369 e. The van der Waals surface area contributed by atoms with Crippen molar-refractivity contribution in [3.63, 3.8) is 0 Å². The topological polar surface area (TPSA) is 48.7 Å². The third-order valence-electron chi connectivity index (χ3n) is 3.98. The van der Waals surface area contributed by atoms with Crippen LogP contribution in [0.1, 0.15) is 44.6 Å². The second kappa shape index (κ2) is 5.58. The van der Waals surface area contributed by atoms with Crippen molar-refractivity contribution in [3.8, 4) is 6.07 Å². The van der Waals surface area contributed by atoms with Crippen LogP contribution in [0.4, 0.5) is 5.82 Å². The van der Waals surface area contributed by atoms with E-state index in [9.17, 15) is 0 Å². The minimum Gasteiger partial charge on any atom is -0.369 e. The first kappa shape index (κ1) is 13.2. The van der Waals surface area contributed by atoms with E-state index >= 15 is 0 Å². The highest BCUT2D eigenvalue weighted by Crippen LogP contribution is 2.40. The fourth-order valence-electron chi connectivity index (χ4n) is 2.71. The molecule has 18 heavy (non-hydrogen) atoms. The van der Waals surface area contributed by atoms with Crippen molar-refractivity contribution < 1.29 is 0 Å². The summed E-state index contributed by atoms with van der Waals surface area (Å²) in [6.45, 7) is 3.17. The molecule has 1 aliphatic rings. The lowest BCUT2D eigenvalue weighted by Crippen LogP contribution is -2.26. The monoisotopic (exact) mass is 263 g/mol. The average molecular weight is 264 g/mol. The van der Waals surface area contributed by atoms with Crippen LogP contribution >= 0.6 is 11.6 Å². The Hall–Kier alpha value is -1.27. The summed E-state index contributed by atoms with van der Waals surface area (Å²) in [6, 6.07) is 5.43. The summed E-state index contributed by atoms with van der Waals surface area (Å²) < 4.78 is 0. The van der Waals surface area contributed by atoms with E-state index in [0.717, 1.165) is 6.54 Å². The fraction of sp³-hybridized carbons (Fsp3) is 0.571. The summed E-state index contributed by atoms with van der Waals surface area (Å²) in [5.41, 5.74) is 0.950. The van der Waals surface area contributed by atoms with E-state index in [1.165, 1.54) is 32.1 Å². The third kappa shape index (κ3) is 2.94. The molecule has 0 atom stereocenters. The molecule has 0 aromatic carbocycles. The minimum atomic E-state index is 0.369. The Morgan fingerprint density at radius 1 is 1.44 bits per heavy atom. The predicted molar refractivity (Wildman–Crippen MR) is 73.6 cm³/mol. The van der Waals surface area contributed by atoms with Crippen LogP contribution in [-0.2, 0) is 0 Å². The van der Waals surface area contributed by atoms with Crippen LogP contribution in [0.2, 0.25) is 5.15 Å². The zero-order chi connectivity index (χ0) is 13.0. The molecular formula is C14H18ClN3. The van der Waals surface area contributed by atoms with E-state index in [4.69, 9.17) is 16.9 Å². The van der Waals surface area contributed by atoms with Crippen molar-refractivity contribution >= 4 is 17.4 Å². The number of hydrogen-bond acceptors (Lipinski definition) is 3. The van der Waals surface area contributed by atoms with Gasteiger partial charge in [-0.05, 0) is 36.8 Å². The molecule has 0 amide bonds. The Balaban J connectivity index is 2.06. The first-order chi connectivity index (χ1) is 8.67. The Labute approximate surface area is 113 Å². The van der Waals surface area contributed by atoms with Gasteiger partial charge in [-0.3, -0.25) is 0 Å². The third-order valence-corrected chi connectivity index (χ3v) is 4.18. The van der Waals surface area contributed by atoms with E-state index in [-0.39, 0.29) is 0 Å². The van der Waals surface area contributed by atoms with Gasteiger partial charge in [-0.2, -0.15) is 5.26 Å². The molecule has 0 unspecified atom stereocenters. The van der Waals surface area contributed by atoms with Gasteiger partial charge < -0.3 is 5.32 Å². The predicted octanol–water partition coefficient (Wildman–Crippen LogP) is 3.99. The van der Waals surface area contributed by atoms with Crippen LogP contribution in [0.5, 0.6) is 0 Å². The van der Waals surface area contributed by atoms with Gasteiger partial charge in [0.25, 0.3) is 0 Å². The molecule has 3 nitrogen and oxygen atoms in total. The summed E-state index contributed by atoms with van der Waals surface area (Å²) in [4.78, 5) is 4.21. The highest BCUT2D eigenvalue weighted by Gasteiger charge is 2.31. The smallest absolute Gasteiger partial charge is 0.132 e. The lowest BCUT2D eigenvalue weighted by molar-refractivity contribution is 0.306. The quantitative estimate of drug-likeness (QED) is 0.836. The molecule has 1 aromatic rings. The minimum absolute atomic E-state index is 0.369. The molecule has 0 bridgehead atoms. The number of aromatic nitrogens is 1. The molecule has 0 radical (unpaired) electrons. The van der Waals surface area contributed by atoms with Crippen LogP contribution in [0.15, 0.2) is 12.1 Å². The van der Waals surface area contributed by atoms with Crippen LogP contribution in [0.3, 0.4) is 0 Å². The second-order valence-electron chi connectivity index (χ2n) is 5.09. The van der Waals surface area contributed by atoms with Crippen molar-refractivity contribution in [2.45, 2.75) is 39.0 Å². The average Bonchev–Trinajstić information content (AvgIpc) is 2.85. The van der Waals surface area contributed by atoms with Gasteiger partial charge in [0.15, 0.2) is 0 Å². The number of nitriles is 1. The zero-order valence-electron chi connectivity index (χ0n) is 10.7. The molecule has 4 heteroatoms. The fourth-order valence-corrected chi connectivity index (χ4v) is 2.92. The van der Waals surface area contributed by atoms with Crippen molar-refractivity contribution in [1.29, 1.82) is 5.26 Å². The Kier molecular flexibility index (Phi) is 4.08. The van der Waals surface area contributed by atoms with Gasteiger partial charge in [-0.1, -0.05) is 31.4 Å². The number of pyridine rings is 1. The van der Waals surface area contributed by atoms with Gasteiger partial charge >= 0.3 is 0 Å². The lowest BCUT2D eigenvalue weighted by Gasteiger charge is -2.27. The van der Waals surface area contributed by atoms with Crippen molar-refractivity contribution in [2.24, 2.45) is 5.41 Å². The Bertz CT molecular complexity index is 459. The van der Waals surface area contributed by atoms with Gasteiger partial charge in [0.2, 0.25) is 0 Å². The van der Waals surface area contributed by atoms with Crippen molar-refractivity contribution in [1.82, 2.24) is 4.98 Å². The maximum Gasteiger partial charge on any atom is 0.132 e. The summed E-state index contributed by atoms with van der Waals surface area (Å²) >= 11 is 5.89. The van der Waals surface area contributed by atoms with E-state index in [0.29, 0.717) is 21.9 Å². The second-order valence-corrected chi connectivity index (χ2v) is 5.48. The first-order valence-corrected chi connectivity index (χ1v) is 6.87. The van der Waals surface area contributed by atoms with E-state index in [2.05, 4.69) is 23.3 Å². The molecule has 0 spiro atoms. The standard InChI is InChI=1S/C14H18ClN3/c1-2-14(5-3-4-6-14)10-17-13-8-11(9-16)7-12(15)18-13/h7-8H,2-6,10H2,1H3,(H,17,18). The van der Waals surface area contributed by atoms with Crippen LogP contribution in [0.25, 0.3) is 0 Å². The van der Waals surface area contributed by atoms with Crippen LogP contribution < -0.4 is 5.32 Å². The summed E-state index contributed by atoms with van der Waals surface area (Å²) in [5.74, 6) is 0.707. The Morgan fingerprint density at radius 2 is 2.17 bits per heavy atom. The molecule has 96 valence electrons. The number of halogens is 1. The number of nitrogens with zero attached hydrogens (tertiary/aromatic N) is 2. The summed E-state index contributed by atoms with van der Waals surface area (Å²) in [6.07, 6.45) is 6.39. The zero-order valence-corrected chi connectivity index (χ0v) is 11.4. The molecule has 1 heterocycles. The van der Waals surface area contributed by atoms with Gasteiger partial charge in [0, 0.05) is 6.54 Å². The molecule has 1 fully saturated rings. The molecule has 0 saturated heterocycles. The number of nitrogens with one attached hydrogen (secondary N) is 1. The maximum atomic E-state index is 8.90. The number of hydrogen-bond donors (Lipinski definition) is 1. The molecule has 0 aliphatic heterocycles. The molecule has 1 aromatic heterocycles. The van der Waals surface area contributed by atoms with Gasteiger partial charge in [0.05, 0.1) is 11.6 Å². The van der Waals surface area contributed by atoms with Gasteiger partial charge in [-0.15, -0.1) is 0 Å². The number of anilines is 1. The van der Waals surface area contributed by atoms with Gasteiger partial charge in [0.1, 0.15) is 11.0 Å². The Morgan fingerprint density at radius 3 is 2.78 bits per heavy atom. The molecular weight excluding hydrogens is 246 g/mol. The summed E-state index contributed by atoms with van der Waals surface area (Å²) in [7, 11) is 0. The van der Waals surface area contributed by atoms with E-state index in [1.807, 2.05) is 0 Å². The normalized spacial score (nSPS) is 17.4. The van der Waals surface area contributed by atoms with E-state index < -0.39 is 0 Å².